The first-order chi connectivity index (χ1) is 12.5. The van der Waals surface area contributed by atoms with E-state index >= 15 is 0 Å². The van der Waals surface area contributed by atoms with Crippen LogP contribution in [0.4, 0.5) is 0 Å². The van der Waals surface area contributed by atoms with Gasteiger partial charge in [0.05, 0.1) is 26.4 Å². The number of hydrogen-bond donors (Lipinski definition) is 0. The number of esters is 3. The normalized spacial score (nSPS) is 16.8. The molecule has 0 aromatic heterocycles. The highest BCUT2D eigenvalue weighted by molar-refractivity contribution is 6.14. The summed E-state index contributed by atoms with van der Waals surface area (Å²) in [6, 6.07) is 1.85. The Morgan fingerprint density at radius 3 is 2.42 bits per heavy atom. The highest BCUT2D eigenvalue weighted by Crippen LogP contribution is 2.20. The topological polar surface area (TPSA) is 106 Å². The molecule has 1 rings (SSSR count). The van der Waals surface area contributed by atoms with E-state index in [2.05, 4.69) is 9.47 Å². The van der Waals surface area contributed by atoms with Crippen LogP contribution in [0.2, 0.25) is 0 Å². The van der Waals surface area contributed by atoms with Gasteiger partial charge in [0.1, 0.15) is 11.6 Å². The van der Waals surface area contributed by atoms with E-state index in [4.69, 9.17) is 4.74 Å². The molecule has 1 heterocycles. The van der Waals surface area contributed by atoms with Crippen LogP contribution in [0.1, 0.15) is 19.8 Å². The summed E-state index contributed by atoms with van der Waals surface area (Å²) in [6.07, 6.45) is 7.41. The quantitative estimate of drug-likeness (QED) is 0.127. The Balaban J connectivity index is 3.03. The molecule has 0 saturated carbocycles. The molecule has 0 aromatic rings. The van der Waals surface area contributed by atoms with Gasteiger partial charge in [-0.15, -0.1) is 0 Å². The number of carbonyl (C=O) groups is 3. The fourth-order valence-electron chi connectivity index (χ4n) is 2.42. The summed E-state index contributed by atoms with van der Waals surface area (Å²) in [5.41, 5.74) is -0.284. The van der Waals surface area contributed by atoms with Gasteiger partial charge in [-0.05, 0) is 25.8 Å². The molecule has 1 atom stereocenters. The molecule has 0 spiro atoms. The van der Waals surface area contributed by atoms with Crippen molar-refractivity contribution < 1.29 is 28.6 Å². The van der Waals surface area contributed by atoms with Crippen LogP contribution in [-0.4, -0.2) is 56.2 Å². The third kappa shape index (κ3) is 6.09. The number of methoxy groups -OCH3 is 2. The molecule has 1 fully saturated rings. The minimum atomic E-state index is -0.891. The number of carbonyl (C=O) groups excluding carboxylic acids is 3. The molecular weight excluding hydrogens is 340 g/mol. The van der Waals surface area contributed by atoms with E-state index in [0.29, 0.717) is 13.2 Å². The minimum Gasteiger partial charge on any atom is -0.465 e. The van der Waals surface area contributed by atoms with Crippen molar-refractivity contribution in [1.29, 1.82) is 5.26 Å². The standard InChI is InChI=1S/C18H22N2O6/c1-4-26-16(21)8-7-14-6-5-9-20(14)12-13(11-19)10-15(17(22)24-2)18(23)25-3/h7-8,10,12,14H,4-6,9H2,1-3H3/b8-7+,13-12+/t14-/m0/s1. The first-order valence-electron chi connectivity index (χ1n) is 8.07. The number of nitrogens with zero attached hydrogens (tertiary/aromatic N) is 2. The van der Waals surface area contributed by atoms with Crippen LogP contribution in [0.15, 0.2) is 35.6 Å². The fourth-order valence-corrected chi connectivity index (χ4v) is 2.42. The van der Waals surface area contributed by atoms with Gasteiger partial charge in [0.2, 0.25) is 0 Å². The molecule has 8 heteroatoms. The lowest BCUT2D eigenvalue weighted by molar-refractivity contribution is -0.144. The van der Waals surface area contributed by atoms with E-state index in [1.54, 1.807) is 19.2 Å². The van der Waals surface area contributed by atoms with Gasteiger partial charge >= 0.3 is 17.9 Å². The summed E-state index contributed by atoms with van der Waals surface area (Å²) in [5, 5.41) is 9.33. The Labute approximate surface area is 152 Å². The maximum absolute atomic E-state index is 11.7. The Hall–Kier alpha value is -3.08. The zero-order valence-electron chi connectivity index (χ0n) is 15.1. The van der Waals surface area contributed by atoms with Crippen LogP contribution in [0.25, 0.3) is 0 Å². The lowest BCUT2D eigenvalue weighted by atomic mass is 10.1. The van der Waals surface area contributed by atoms with Crippen molar-refractivity contribution in [1.82, 2.24) is 4.90 Å². The van der Waals surface area contributed by atoms with Gasteiger partial charge < -0.3 is 19.1 Å². The van der Waals surface area contributed by atoms with E-state index in [-0.39, 0.29) is 17.2 Å². The number of nitriles is 1. The van der Waals surface area contributed by atoms with Crippen molar-refractivity contribution >= 4 is 17.9 Å². The maximum atomic E-state index is 11.7. The van der Waals surface area contributed by atoms with Crippen LogP contribution in [0.5, 0.6) is 0 Å². The fraction of sp³-hybridized carbons (Fsp3) is 0.444. The summed E-state index contributed by atoms with van der Waals surface area (Å²) in [5.74, 6) is -2.21. The maximum Gasteiger partial charge on any atom is 0.345 e. The second-order valence-corrected chi connectivity index (χ2v) is 5.30. The van der Waals surface area contributed by atoms with Gasteiger partial charge in [-0.25, -0.2) is 14.4 Å². The number of likely N-dealkylation sites (tertiary alicyclic amines) is 1. The Morgan fingerprint density at radius 2 is 1.88 bits per heavy atom. The average Bonchev–Trinajstić information content (AvgIpc) is 3.09. The molecule has 1 aliphatic heterocycles. The van der Waals surface area contributed by atoms with Crippen LogP contribution < -0.4 is 0 Å². The first-order valence-corrected chi connectivity index (χ1v) is 8.07. The lowest BCUT2D eigenvalue weighted by Gasteiger charge is -2.19. The zero-order chi connectivity index (χ0) is 19.5. The SMILES string of the molecule is CCOC(=O)/C=C/[C@@H]1CCCN1/C=C(/C#N)C=C(C(=O)OC)C(=O)OC. The summed E-state index contributed by atoms with van der Waals surface area (Å²) >= 11 is 0. The summed E-state index contributed by atoms with van der Waals surface area (Å²) < 4.78 is 13.9. The average molecular weight is 362 g/mol. The Bertz CT molecular complexity index is 654. The molecule has 0 aromatic carbocycles. The van der Waals surface area contributed by atoms with Crippen molar-refractivity contribution in [2.24, 2.45) is 0 Å². The van der Waals surface area contributed by atoms with Crippen molar-refractivity contribution in [3.63, 3.8) is 0 Å². The number of allylic oxidation sites excluding steroid dienone is 2. The minimum absolute atomic E-state index is 0.0872. The molecule has 1 saturated heterocycles. The smallest absolute Gasteiger partial charge is 0.345 e. The molecule has 0 radical (unpaired) electrons. The lowest BCUT2D eigenvalue weighted by Crippen LogP contribution is -2.23. The number of hydrogen-bond acceptors (Lipinski definition) is 8. The van der Waals surface area contributed by atoms with E-state index in [1.165, 1.54) is 6.08 Å². The molecule has 0 bridgehead atoms. The Morgan fingerprint density at radius 1 is 1.23 bits per heavy atom. The van der Waals surface area contributed by atoms with Gasteiger partial charge in [-0.2, -0.15) is 5.26 Å². The van der Waals surface area contributed by atoms with Gasteiger partial charge in [0, 0.05) is 24.9 Å². The molecule has 26 heavy (non-hydrogen) atoms. The molecule has 140 valence electrons. The van der Waals surface area contributed by atoms with Crippen LogP contribution in [-0.2, 0) is 28.6 Å². The summed E-state index contributed by atoms with van der Waals surface area (Å²) in [7, 11) is 2.26. The van der Waals surface area contributed by atoms with E-state index in [1.807, 2.05) is 11.0 Å². The molecule has 1 aliphatic rings. The monoisotopic (exact) mass is 362 g/mol. The molecular formula is C18H22N2O6. The zero-order valence-corrected chi connectivity index (χ0v) is 15.1. The van der Waals surface area contributed by atoms with E-state index in [0.717, 1.165) is 33.1 Å². The Kier molecular flexibility index (Phi) is 8.64. The van der Waals surface area contributed by atoms with Crippen LogP contribution >= 0.6 is 0 Å². The molecule has 0 aliphatic carbocycles. The highest BCUT2D eigenvalue weighted by atomic mass is 16.5. The molecule has 8 nitrogen and oxygen atoms in total. The predicted octanol–water partition coefficient (Wildman–Crippen LogP) is 1.25. The third-order valence-corrected chi connectivity index (χ3v) is 3.63. The van der Waals surface area contributed by atoms with Crippen molar-refractivity contribution in [2.75, 3.05) is 27.4 Å². The van der Waals surface area contributed by atoms with Gasteiger partial charge in [0.15, 0.2) is 0 Å². The molecule has 0 N–H and O–H groups in total. The number of rotatable bonds is 7. The van der Waals surface area contributed by atoms with Crippen molar-refractivity contribution in [3.05, 3.63) is 35.6 Å². The first kappa shape index (κ1) is 21.0. The third-order valence-electron chi connectivity index (χ3n) is 3.63. The highest BCUT2D eigenvalue weighted by Gasteiger charge is 2.23. The second kappa shape index (κ2) is 10.7. The van der Waals surface area contributed by atoms with E-state index < -0.39 is 17.9 Å². The predicted molar refractivity (Wildman–Crippen MR) is 91.3 cm³/mol. The van der Waals surface area contributed by atoms with E-state index in [9.17, 15) is 19.6 Å². The number of ether oxygens (including phenoxy) is 3. The molecule has 0 unspecified atom stereocenters. The van der Waals surface area contributed by atoms with Crippen LogP contribution in [0.3, 0.4) is 0 Å². The summed E-state index contributed by atoms with van der Waals surface area (Å²) in [4.78, 5) is 36.7. The second-order valence-electron chi connectivity index (χ2n) is 5.30. The van der Waals surface area contributed by atoms with Gasteiger partial charge in [0.25, 0.3) is 0 Å². The van der Waals surface area contributed by atoms with Crippen LogP contribution in [0, 0.1) is 11.3 Å². The van der Waals surface area contributed by atoms with Gasteiger partial charge in [-0.3, -0.25) is 0 Å². The van der Waals surface area contributed by atoms with Crippen molar-refractivity contribution in [2.45, 2.75) is 25.8 Å². The largest absolute Gasteiger partial charge is 0.465 e. The molecule has 0 amide bonds. The van der Waals surface area contributed by atoms with Crippen molar-refractivity contribution in [3.8, 4) is 6.07 Å². The van der Waals surface area contributed by atoms with Gasteiger partial charge in [-0.1, -0.05) is 6.08 Å². The summed E-state index contributed by atoms with van der Waals surface area (Å²) in [6.45, 7) is 2.69.